The van der Waals surface area contributed by atoms with E-state index >= 15 is 0 Å². The molecule has 122 heavy (non-hydrogen) atoms. The lowest BCUT2D eigenvalue weighted by Crippen LogP contribution is -2.74. The van der Waals surface area contributed by atoms with E-state index in [1.54, 1.807) is 0 Å². The average Bonchev–Trinajstić information content (AvgIpc) is 1.48. The molecule has 0 saturated carbocycles. The van der Waals surface area contributed by atoms with Gasteiger partial charge in [0.05, 0.1) is 44.1 Å². The normalized spacial score (nSPS) is 12.4. The Morgan fingerprint density at radius 2 is 0.426 bits per heavy atom. The van der Waals surface area contributed by atoms with Gasteiger partial charge in [0.1, 0.15) is 0 Å². The van der Waals surface area contributed by atoms with Crippen molar-refractivity contribution in [2.75, 3.05) is 0 Å². The monoisotopic (exact) mass is 1570 g/mol. The molecule has 5 heteroatoms. The molecule has 4 heterocycles. The van der Waals surface area contributed by atoms with Gasteiger partial charge in [-0.2, -0.15) is 0 Å². The van der Waals surface area contributed by atoms with Gasteiger partial charge in [-0.3, -0.25) is 0 Å². The molecule has 0 radical (unpaired) electrons. The van der Waals surface area contributed by atoms with E-state index in [0.29, 0.717) is 0 Å². The van der Waals surface area contributed by atoms with Gasteiger partial charge in [0, 0.05) is 71.3 Å². The van der Waals surface area contributed by atoms with Crippen LogP contribution in [0.15, 0.2) is 461 Å². The summed E-state index contributed by atoms with van der Waals surface area (Å²) in [7, 11) is -2.70. The van der Waals surface area contributed by atoms with Crippen LogP contribution in [0, 0.1) is 0 Å². The van der Waals surface area contributed by atoms with Crippen LogP contribution in [0.2, 0.25) is 0 Å². The molecule has 0 fully saturated rings. The summed E-state index contributed by atoms with van der Waals surface area (Å²) in [6.45, 7) is 4.69. The summed E-state index contributed by atoms with van der Waals surface area (Å²) < 4.78 is 9.71. The Morgan fingerprint density at radius 1 is 0.164 bits per heavy atom. The van der Waals surface area contributed by atoms with E-state index in [-0.39, 0.29) is 5.41 Å². The quantitative estimate of drug-likeness (QED) is 0.0810. The summed E-state index contributed by atoms with van der Waals surface area (Å²) in [6, 6.07) is 170. The SMILES string of the molecule is CC1(C)c2ccccc2-c2cc(-n3c4ccccc4c4cc(-c5ccc6c(c5)c5ccccc5n6-c5cccc(-c6ccccc6)c5)ccc43)ccc21.c1ccc(-c2cccc(-n3c4ccccc4c4cc(-c5ccc6c(c5)c5ccccc5n6-c5cccc(-c6cccc([Si](c7ccccc7)(c7ccccc7)c7ccccc7)c6)c5)ccc43)c2)cc1. The molecule has 1 aliphatic carbocycles. The molecule has 4 aromatic heterocycles. The first-order chi connectivity index (χ1) is 60.3. The van der Waals surface area contributed by atoms with Gasteiger partial charge < -0.3 is 18.3 Å². The van der Waals surface area contributed by atoms with Gasteiger partial charge in [0.15, 0.2) is 8.07 Å². The van der Waals surface area contributed by atoms with Crippen LogP contribution in [0.5, 0.6) is 0 Å². The number of nitrogens with zero attached hydrogens (tertiary/aromatic N) is 4. The summed E-state index contributed by atoms with van der Waals surface area (Å²) in [5.74, 6) is 0. The number of benzene rings is 19. The molecule has 23 aromatic rings. The number of rotatable bonds is 13. The van der Waals surface area contributed by atoms with Crippen molar-refractivity contribution in [3.63, 3.8) is 0 Å². The minimum Gasteiger partial charge on any atom is -0.309 e. The average molecular weight is 1570 g/mol. The van der Waals surface area contributed by atoms with Crippen LogP contribution in [-0.4, -0.2) is 26.3 Å². The van der Waals surface area contributed by atoms with Crippen LogP contribution in [0.4, 0.5) is 0 Å². The third-order valence-corrected chi connectivity index (χ3v) is 30.7. The Labute approximate surface area is 710 Å². The fourth-order valence-corrected chi connectivity index (χ4v) is 25.1. The van der Waals surface area contributed by atoms with Crippen molar-refractivity contribution in [3.8, 4) is 89.5 Å². The van der Waals surface area contributed by atoms with Crippen LogP contribution in [-0.2, 0) is 5.41 Å². The molecule has 0 aliphatic heterocycles. The highest BCUT2D eigenvalue weighted by molar-refractivity contribution is 7.20. The summed E-state index contributed by atoms with van der Waals surface area (Å²) in [5.41, 5.74) is 31.8. The number of hydrogen-bond donors (Lipinski definition) is 0. The topological polar surface area (TPSA) is 19.7 Å². The third-order valence-electron chi connectivity index (χ3n) is 26.0. The number of fused-ring (bicyclic) bond motifs is 15. The Hall–Kier alpha value is -15.4. The van der Waals surface area contributed by atoms with Gasteiger partial charge in [0.2, 0.25) is 0 Å². The minimum atomic E-state index is -2.70. The van der Waals surface area contributed by atoms with Gasteiger partial charge in [-0.15, -0.1) is 0 Å². The molecule has 4 nitrogen and oxygen atoms in total. The Balaban J connectivity index is 0.000000146. The van der Waals surface area contributed by atoms with Crippen LogP contribution < -0.4 is 20.7 Å². The fraction of sp³-hybridized carbons (Fsp3) is 0.0256. The predicted molar refractivity (Wildman–Crippen MR) is 519 cm³/mol. The van der Waals surface area contributed by atoms with E-state index in [0.717, 1.165) is 17.1 Å². The molecule has 0 amide bonds. The Morgan fingerprint density at radius 3 is 0.803 bits per heavy atom. The zero-order chi connectivity index (χ0) is 81.0. The molecule has 24 rings (SSSR count). The first-order valence-corrected chi connectivity index (χ1v) is 44.3. The lowest BCUT2D eigenvalue weighted by Gasteiger charge is -2.34. The number of hydrogen-bond acceptors (Lipinski definition) is 0. The second kappa shape index (κ2) is 29.3. The molecule has 19 aromatic carbocycles. The van der Waals surface area contributed by atoms with E-state index in [4.69, 9.17) is 0 Å². The third kappa shape index (κ3) is 11.8. The molecule has 0 atom stereocenters. The maximum atomic E-state index is 2.46. The molecule has 1 aliphatic rings. The van der Waals surface area contributed by atoms with Crippen molar-refractivity contribution >= 4 is 116 Å². The highest BCUT2D eigenvalue weighted by Gasteiger charge is 2.42. The summed E-state index contributed by atoms with van der Waals surface area (Å²) in [5, 5.41) is 15.5. The van der Waals surface area contributed by atoms with Crippen molar-refractivity contribution in [1.29, 1.82) is 0 Å². The van der Waals surface area contributed by atoms with Crippen molar-refractivity contribution in [1.82, 2.24) is 18.3 Å². The van der Waals surface area contributed by atoms with E-state index in [1.165, 1.54) is 192 Å². The van der Waals surface area contributed by atoms with Crippen molar-refractivity contribution in [2.45, 2.75) is 19.3 Å². The zero-order valence-corrected chi connectivity index (χ0v) is 68.7. The predicted octanol–water partition coefficient (Wildman–Crippen LogP) is 27.8. The van der Waals surface area contributed by atoms with Crippen LogP contribution in [0.1, 0.15) is 25.0 Å². The first-order valence-electron chi connectivity index (χ1n) is 42.3. The molecule has 0 spiro atoms. The van der Waals surface area contributed by atoms with Crippen LogP contribution in [0.25, 0.3) is 177 Å². The summed E-state index contributed by atoms with van der Waals surface area (Å²) in [4.78, 5) is 0. The maximum absolute atomic E-state index is 2.70. The zero-order valence-electron chi connectivity index (χ0n) is 67.7. The second-order valence-electron chi connectivity index (χ2n) is 33.1. The van der Waals surface area contributed by atoms with Gasteiger partial charge >= 0.3 is 0 Å². The Kier molecular flexibility index (Phi) is 17.3. The van der Waals surface area contributed by atoms with Gasteiger partial charge in [0.25, 0.3) is 0 Å². The highest BCUT2D eigenvalue weighted by atomic mass is 28.3. The molecular formula is C117H82N4Si. The van der Waals surface area contributed by atoms with Crippen LogP contribution in [0.3, 0.4) is 0 Å². The lowest BCUT2D eigenvalue weighted by molar-refractivity contribution is 0.660. The minimum absolute atomic E-state index is 0.0141. The molecular weight excluding hydrogens is 1490 g/mol. The smallest absolute Gasteiger partial charge is 0.179 e. The summed E-state index contributed by atoms with van der Waals surface area (Å²) >= 11 is 0. The number of aromatic nitrogens is 4. The van der Waals surface area contributed by atoms with Gasteiger partial charge in [-0.1, -0.05) is 354 Å². The largest absolute Gasteiger partial charge is 0.309 e. The highest BCUT2D eigenvalue weighted by Crippen LogP contribution is 2.50. The van der Waals surface area contributed by atoms with Crippen molar-refractivity contribution in [2.24, 2.45) is 0 Å². The van der Waals surface area contributed by atoms with Gasteiger partial charge in [-0.25, -0.2) is 0 Å². The molecule has 0 unspecified atom stereocenters. The van der Waals surface area contributed by atoms with E-state index in [9.17, 15) is 0 Å². The van der Waals surface area contributed by atoms with Gasteiger partial charge in [-0.05, 0) is 220 Å². The number of para-hydroxylation sites is 4. The van der Waals surface area contributed by atoms with E-state index in [2.05, 4.69) is 493 Å². The second-order valence-corrected chi connectivity index (χ2v) is 36.9. The van der Waals surface area contributed by atoms with E-state index < -0.39 is 8.07 Å². The molecule has 0 N–H and O–H groups in total. The fourth-order valence-electron chi connectivity index (χ4n) is 20.3. The van der Waals surface area contributed by atoms with Crippen molar-refractivity contribution < 1.29 is 0 Å². The first kappa shape index (κ1) is 71.9. The van der Waals surface area contributed by atoms with Crippen molar-refractivity contribution in [3.05, 3.63) is 472 Å². The Bertz CT molecular complexity index is 7930. The lowest BCUT2D eigenvalue weighted by atomic mass is 9.82. The maximum Gasteiger partial charge on any atom is 0.179 e. The molecule has 0 saturated heterocycles. The standard InChI is InChI=1S/C66H46N2Si.C51H36N2/c1-5-20-47(21-6-1)48-22-17-25-53(42-48)67-63-36-15-13-34-59(63)61-45-51(38-40-65(61)67)52-39-41-66-62(46-52)60-35-14-16-37-64(60)68(66)54-26-18-23-49(43-54)50-24-19-33-58(44-50)69(55-27-7-2-8-28-55,56-29-9-3-10-30-56)57-31-11-4-12-32-57;1-51(2)45-20-9-6-17-39(45)42-32-38(25-26-46(42)51)53-48-22-11-8-19-41(48)44-31-36(24-28-50(44)53)35-23-27-49-43(30-35)40-18-7-10-21-47(40)52(49)37-16-12-15-34(29-37)33-13-4-3-5-14-33/h1-46H;3-32H,1-2H3. The van der Waals surface area contributed by atoms with Crippen LogP contribution >= 0.6 is 0 Å². The molecule has 0 bridgehead atoms. The summed E-state index contributed by atoms with van der Waals surface area (Å²) in [6.07, 6.45) is 0. The molecule has 574 valence electrons. The van der Waals surface area contributed by atoms with E-state index in [1.807, 2.05) is 0 Å².